The first kappa shape index (κ1) is 12.9. The molecule has 3 N–H and O–H groups in total. The van der Waals surface area contributed by atoms with Crippen LogP contribution in [-0.4, -0.2) is 25.2 Å². The standard InChI is InChI=1S/C12H21N3O/c1-4-14-11(5-6-16-3)10-7-9(2)8-15-12(10)13/h7-8,11,14H,4-6H2,1-3H3,(H2,13,15). The van der Waals surface area contributed by atoms with E-state index in [1.807, 2.05) is 6.92 Å². The number of nitrogens with one attached hydrogen (secondary N) is 1. The summed E-state index contributed by atoms with van der Waals surface area (Å²) in [5.41, 5.74) is 8.10. The van der Waals surface area contributed by atoms with Crippen LogP contribution in [0.2, 0.25) is 0 Å². The van der Waals surface area contributed by atoms with Gasteiger partial charge in [0.25, 0.3) is 0 Å². The lowest BCUT2D eigenvalue weighted by Gasteiger charge is -2.19. The number of anilines is 1. The molecule has 0 aliphatic carbocycles. The van der Waals surface area contributed by atoms with E-state index in [4.69, 9.17) is 10.5 Å². The van der Waals surface area contributed by atoms with Gasteiger partial charge in [-0.1, -0.05) is 6.92 Å². The maximum atomic E-state index is 5.90. The smallest absolute Gasteiger partial charge is 0.128 e. The van der Waals surface area contributed by atoms with E-state index in [0.29, 0.717) is 12.4 Å². The fourth-order valence-electron chi connectivity index (χ4n) is 1.73. The predicted molar refractivity (Wildman–Crippen MR) is 66.3 cm³/mol. The molecule has 4 heteroatoms. The van der Waals surface area contributed by atoms with E-state index in [2.05, 4.69) is 23.3 Å². The first-order valence-electron chi connectivity index (χ1n) is 5.63. The highest BCUT2D eigenvalue weighted by atomic mass is 16.5. The number of ether oxygens (including phenoxy) is 1. The second-order valence-corrected chi connectivity index (χ2v) is 3.88. The Balaban J connectivity index is 2.85. The molecular formula is C12H21N3O. The van der Waals surface area contributed by atoms with Crippen LogP contribution in [0.5, 0.6) is 0 Å². The molecule has 0 aliphatic heterocycles. The minimum atomic E-state index is 0.220. The fraction of sp³-hybridized carbons (Fsp3) is 0.583. The number of nitrogens with zero attached hydrogens (tertiary/aromatic N) is 1. The summed E-state index contributed by atoms with van der Waals surface area (Å²) in [5.74, 6) is 0.604. The van der Waals surface area contributed by atoms with Crippen molar-refractivity contribution in [3.8, 4) is 0 Å². The van der Waals surface area contributed by atoms with Gasteiger partial charge in [0.05, 0.1) is 0 Å². The summed E-state index contributed by atoms with van der Waals surface area (Å²) in [5, 5.41) is 3.40. The lowest BCUT2D eigenvalue weighted by molar-refractivity contribution is 0.183. The Hall–Kier alpha value is -1.13. The monoisotopic (exact) mass is 223 g/mol. The number of nitrogens with two attached hydrogens (primary N) is 1. The number of methoxy groups -OCH3 is 1. The molecule has 1 aromatic rings. The summed E-state index contributed by atoms with van der Waals surface area (Å²) < 4.78 is 5.11. The Morgan fingerprint density at radius 2 is 2.31 bits per heavy atom. The van der Waals surface area contributed by atoms with Crippen LogP contribution in [0.25, 0.3) is 0 Å². The summed E-state index contributed by atoms with van der Waals surface area (Å²) in [7, 11) is 1.71. The highest BCUT2D eigenvalue weighted by Gasteiger charge is 2.13. The van der Waals surface area contributed by atoms with E-state index in [1.54, 1.807) is 13.3 Å². The summed E-state index contributed by atoms with van der Waals surface area (Å²) in [6.07, 6.45) is 2.69. The van der Waals surface area contributed by atoms with Crippen molar-refractivity contribution in [2.75, 3.05) is 26.0 Å². The van der Waals surface area contributed by atoms with E-state index in [1.165, 1.54) is 0 Å². The third-order valence-electron chi connectivity index (χ3n) is 2.52. The molecule has 16 heavy (non-hydrogen) atoms. The molecule has 90 valence electrons. The van der Waals surface area contributed by atoms with Gasteiger partial charge in [0.2, 0.25) is 0 Å². The average Bonchev–Trinajstić information content (AvgIpc) is 2.28. The third kappa shape index (κ3) is 3.47. The van der Waals surface area contributed by atoms with Crippen molar-refractivity contribution in [1.29, 1.82) is 0 Å². The van der Waals surface area contributed by atoms with E-state index >= 15 is 0 Å². The topological polar surface area (TPSA) is 60.2 Å². The van der Waals surface area contributed by atoms with Gasteiger partial charge in [-0.25, -0.2) is 4.98 Å². The summed E-state index contributed by atoms with van der Waals surface area (Å²) >= 11 is 0. The largest absolute Gasteiger partial charge is 0.385 e. The Labute approximate surface area is 97.2 Å². The third-order valence-corrected chi connectivity index (χ3v) is 2.52. The summed E-state index contributed by atoms with van der Waals surface area (Å²) in [6, 6.07) is 2.31. The molecule has 0 bridgehead atoms. The molecule has 0 spiro atoms. The molecule has 0 saturated carbocycles. The first-order chi connectivity index (χ1) is 7.69. The highest BCUT2D eigenvalue weighted by molar-refractivity contribution is 5.42. The minimum absolute atomic E-state index is 0.220. The van der Waals surface area contributed by atoms with Crippen LogP contribution in [-0.2, 0) is 4.74 Å². The molecule has 0 aliphatic rings. The Bertz CT molecular complexity index is 328. The zero-order chi connectivity index (χ0) is 12.0. The molecule has 0 saturated heterocycles. The van der Waals surface area contributed by atoms with Gasteiger partial charge in [0, 0.05) is 31.5 Å². The zero-order valence-corrected chi connectivity index (χ0v) is 10.3. The van der Waals surface area contributed by atoms with Crippen molar-refractivity contribution in [3.05, 3.63) is 23.4 Å². The summed E-state index contributed by atoms with van der Waals surface area (Å²) in [6.45, 7) is 5.72. The number of hydrogen-bond donors (Lipinski definition) is 2. The molecule has 1 unspecified atom stereocenters. The van der Waals surface area contributed by atoms with Crippen molar-refractivity contribution < 1.29 is 4.74 Å². The quantitative estimate of drug-likeness (QED) is 0.770. The van der Waals surface area contributed by atoms with Crippen LogP contribution in [0.1, 0.15) is 30.5 Å². The van der Waals surface area contributed by atoms with Crippen molar-refractivity contribution in [2.24, 2.45) is 0 Å². The number of hydrogen-bond acceptors (Lipinski definition) is 4. The molecule has 0 aromatic carbocycles. The van der Waals surface area contributed by atoms with Gasteiger partial charge in [-0.05, 0) is 31.5 Å². The van der Waals surface area contributed by atoms with Crippen LogP contribution < -0.4 is 11.1 Å². The van der Waals surface area contributed by atoms with Gasteiger partial charge in [0.1, 0.15) is 5.82 Å². The number of rotatable bonds is 6. The SMILES string of the molecule is CCNC(CCOC)c1cc(C)cnc1N. The lowest BCUT2D eigenvalue weighted by atomic mass is 10.0. The van der Waals surface area contributed by atoms with Gasteiger partial charge in [0.15, 0.2) is 0 Å². The first-order valence-corrected chi connectivity index (χ1v) is 5.63. The number of nitrogen functional groups attached to an aromatic ring is 1. The van der Waals surface area contributed by atoms with Crippen LogP contribution in [0.4, 0.5) is 5.82 Å². The predicted octanol–water partition coefficient (Wildman–Crippen LogP) is 1.66. The van der Waals surface area contributed by atoms with Crippen LogP contribution >= 0.6 is 0 Å². The van der Waals surface area contributed by atoms with Crippen LogP contribution in [0, 0.1) is 6.92 Å². The van der Waals surface area contributed by atoms with E-state index in [9.17, 15) is 0 Å². The highest BCUT2D eigenvalue weighted by Crippen LogP contribution is 2.22. The number of pyridine rings is 1. The molecule has 0 fully saturated rings. The summed E-state index contributed by atoms with van der Waals surface area (Å²) in [4.78, 5) is 4.19. The van der Waals surface area contributed by atoms with Crippen molar-refractivity contribution in [1.82, 2.24) is 10.3 Å². The average molecular weight is 223 g/mol. The van der Waals surface area contributed by atoms with Gasteiger partial charge in [-0.2, -0.15) is 0 Å². The normalized spacial score (nSPS) is 12.7. The Kier molecular flexibility index (Phi) is 5.22. The number of aromatic nitrogens is 1. The van der Waals surface area contributed by atoms with Gasteiger partial charge >= 0.3 is 0 Å². The number of aryl methyl sites for hydroxylation is 1. The Morgan fingerprint density at radius 1 is 1.56 bits per heavy atom. The van der Waals surface area contributed by atoms with Gasteiger partial charge in [-0.15, -0.1) is 0 Å². The van der Waals surface area contributed by atoms with Crippen molar-refractivity contribution >= 4 is 5.82 Å². The molecule has 1 heterocycles. The molecule has 1 rings (SSSR count). The molecule has 0 amide bonds. The van der Waals surface area contributed by atoms with E-state index < -0.39 is 0 Å². The molecule has 0 radical (unpaired) electrons. The second kappa shape index (κ2) is 6.45. The van der Waals surface area contributed by atoms with E-state index in [-0.39, 0.29) is 6.04 Å². The lowest BCUT2D eigenvalue weighted by Crippen LogP contribution is -2.23. The van der Waals surface area contributed by atoms with E-state index in [0.717, 1.165) is 24.1 Å². The fourth-order valence-corrected chi connectivity index (χ4v) is 1.73. The van der Waals surface area contributed by atoms with Crippen LogP contribution in [0.15, 0.2) is 12.3 Å². The molecule has 1 aromatic heterocycles. The molecule has 4 nitrogen and oxygen atoms in total. The van der Waals surface area contributed by atoms with Crippen molar-refractivity contribution in [3.63, 3.8) is 0 Å². The molecule has 1 atom stereocenters. The minimum Gasteiger partial charge on any atom is -0.385 e. The van der Waals surface area contributed by atoms with Gasteiger partial charge < -0.3 is 15.8 Å². The van der Waals surface area contributed by atoms with Crippen molar-refractivity contribution in [2.45, 2.75) is 26.3 Å². The maximum absolute atomic E-state index is 5.90. The van der Waals surface area contributed by atoms with Gasteiger partial charge in [-0.3, -0.25) is 0 Å². The second-order valence-electron chi connectivity index (χ2n) is 3.88. The zero-order valence-electron chi connectivity index (χ0n) is 10.3. The molecular weight excluding hydrogens is 202 g/mol. The Morgan fingerprint density at radius 3 is 2.94 bits per heavy atom. The van der Waals surface area contributed by atoms with Crippen LogP contribution in [0.3, 0.4) is 0 Å². The maximum Gasteiger partial charge on any atom is 0.128 e.